The quantitative estimate of drug-likeness (QED) is 0.870. The minimum absolute atomic E-state index is 0.0305. The van der Waals surface area contributed by atoms with Crippen molar-refractivity contribution >= 4 is 43.9 Å². The van der Waals surface area contributed by atoms with E-state index in [0.29, 0.717) is 17.4 Å². The van der Waals surface area contributed by atoms with Crippen molar-refractivity contribution in [2.24, 2.45) is 0 Å². The number of nitrogens with one attached hydrogen (secondary N) is 2. The molecule has 2 heterocycles. The molecule has 0 amide bonds. The number of aromatic nitrogens is 3. The third kappa shape index (κ3) is 3.35. The van der Waals surface area contributed by atoms with Crippen LogP contribution in [-0.4, -0.2) is 30.1 Å². The van der Waals surface area contributed by atoms with Crippen molar-refractivity contribution in [2.75, 3.05) is 16.6 Å². The second-order valence-corrected chi connectivity index (χ2v) is 7.03. The Morgan fingerprint density at radius 3 is 2.70 bits per heavy atom. The lowest BCUT2D eigenvalue weighted by Gasteiger charge is -2.08. The van der Waals surface area contributed by atoms with Crippen LogP contribution in [0.1, 0.15) is 11.9 Å². The van der Waals surface area contributed by atoms with E-state index in [0.717, 1.165) is 11.3 Å². The molecule has 0 aromatic carbocycles. The predicted octanol–water partition coefficient (Wildman–Crippen LogP) is 2.13. The maximum absolute atomic E-state index is 12.1. The van der Waals surface area contributed by atoms with Crippen LogP contribution in [0.25, 0.3) is 0 Å². The molecule has 0 fully saturated rings. The lowest BCUT2D eigenvalue weighted by molar-refractivity contribution is 0.600. The zero-order valence-electron chi connectivity index (χ0n) is 10.7. The zero-order chi connectivity index (χ0) is 14.8. The van der Waals surface area contributed by atoms with Crippen LogP contribution in [0.3, 0.4) is 0 Å². The fraction of sp³-hybridized carbons (Fsp3) is 0.300. The number of rotatable bonds is 5. The molecule has 0 aliphatic rings. The number of anilines is 2. The van der Waals surface area contributed by atoms with Crippen molar-refractivity contribution in [1.82, 2.24) is 15.2 Å². The van der Waals surface area contributed by atoms with Gasteiger partial charge in [-0.2, -0.15) is 0 Å². The van der Waals surface area contributed by atoms with Gasteiger partial charge >= 0.3 is 0 Å². The van der Waals surface area contributed by atoms with Gasteiger partial charge in [0.05, 0.1) is 5.02 Å². The van der Waals surface area contributed by atoms with E-state index in [1.165, 1.54) is 12.3 Å². The average Bonchev–Trinajstić information content (AvgIpc) is 2.76. The first kappa shape index (κ1) is 14.9. The first-order chi connectivity index (χ1) is 9.42. The molecule has 2 N–H and O–H groups in total. The van der Waals surface area contributed by atoms with Gasteiger partial charge < -0.3 is 5.32 Å². The van der Waals surface area contributed by atoms with E-state index in [1.54, 1.807) is 6.92 Å². The lowest BCUT2D eigenvalue weighted by atomic mass is 10.4. The number of hydrogen-bond donors (Lipinski definition) is 2. The molecule has 20 heavy (non-hydrogen) atoms. The molecule has 0 atom stereocenters. The van der Waals surface area contributed by atoms with E-state index in [4.69, 9.17) is 11.6 Å². The Balaban J connectivity index is 2.27. The molecule has 2 rings (SSSR count). The van der Waals surface area contributed by atoms with E-state index in [9.17, 15) is 8.42 Å². The van der Waals surface area contributed by atoms with Gasteiger partial charge in [-0.25, -0.2) is 13.4 Å². The second kappa shape index (κ2) is 5.90. The van der Waals surface area contributed by atoms with Gasteiger partial charge in [0.25, 0.3) is 10.0 Å². The average molecular weight is 334 g/mol. The Hall–Kier alpha value is -1.45. The zero-order valence-corrected chi connectivity index (χ0v) is 13.1. The number of pyridine rings is 1. The fourth-order valence-corrected chi connectivity index (χ4v) is 3.47. The molecule has 7 nitrogen and oxygen atoms in total. The first-order valence-electron chi connectivity index (χ1n) is 5.64. The normalized spacial score (nSPS) is 11.3. The summed E-state index contributed by atoms with van der Waals surface area (Å²) in [5.74, 6) is 0.444. The molecule has 0 aliphatic carbocycles. The highest BCUT2D eigenvalue weighted by molar-refractivity contribution is 7.93. The van der Waals surface area contributed by atoms with Crippen molar-refractivity contribution in [1.29, 1.82) is 0 Å². The van der Waals surface area contributed by atoms with E-state index in [2.05, 4.69) is 25.2 Å². The van der Waals surface area contributed by atoms with Crippen molar-refractivity contribution in [2.45, 2.75) is 18.7 Å². The summed E-state index contributed by atoms with van der Waals surface area (Å²) in [6.45, 7) is 4.27. The molecule has 0 aliphatic heterocycles. The van der Waals surface area contributed by atoms with Gasteiger partial charge in [-0.3, -0.25) is 4.72 Å². The van der Waals surface area contributed by atoms with Crippen LogP contribution in [-0.2, 0) is 10.0 Å². The fourth-order valence-electron chi connectivity index (χ4n) is 1.38. The Morgan fingerprint density at radius 1 is 1.40 bits per heavy atom. The highest BCUT2D eigenvalue weighted by atomic mass is 35.5. The van der Waals surface area contributed by atoms with Gasteiger partial charge in [-0.15, -0.1) is 10.2 Å². The van der Waals surface area contributed by atoms with Gasteiger partial charge in [0.1, 0.15) is 15.7 Å². The Labute approximate surface area is 125 Å². The third-order valence-corrected chi connectivity index (χ3v) is 4.70. The monoisotopic (exact) mass is 333 g/mol. The molecular formula is C10H12ClN5O2S2. The van der Waals surface area contributed by atoms with Crippen LogP contribution < -0.4 is 10.0 Å². The van der Waals surface area contributed by atoms with Gasteiger partial charge in [0, 0.05) is 12.7 Å². The molecule has 0 spiro atoms. The molecule has 10 heteroatoms. The number of aryl methyl sites for hydroxylation is 1. The summed E-state index contributed by atoms with van der Waals surface area (Å²) in [6, 6.07) is 1.34. The molecule has 0 saturated heterocycles. The molecule has 0 bridgehead atoms. The maximum atomic E-state index is 12.1. The SMILES string of the molecule is CCNc1ncc(S(=O)(=O)Nc2nnc(C)s2)cc1Cl. The topological polar surface area (TPSA) is 96.9 Å². The van der Waals surface area contributed by atoms with Crippen molar-refractivity contribution in [3.8, 4) is 0 Å². The number of sulfonamides is 1. The lowest BCUT2D eigenvalue weighted by Crippen LogP contribution is -2.13. The van der Waals surface area contributed by atoms with Gasteiger partial charge in [0.15, 0.2) is 0 Å². The third-order valence-electron chi connectivity index (χ3n) is 2.22. The summed E-state index contributed by atoms with van der Waals surface area (Å²) < 4.78 is 26.6. The first-order valence-corrected chi connectivity index (χ1v) is 8.32. The molecule has 0 saturated carbocycles. The van der Waals surface area contributed by atoms with Crippen LogP contribution in [0.4, 0.5) is 10.9 Å². The van der Waals surface area contributed by atoms with Crippen molar-refractivity contribution < 1.29 is 8.42 Å². The summed E-state index contributed by atoms with van der Waals surface area (Å²) in [6.07, 6.45) is 1.24. The second-order valence-electron chi connectivity index (χ2n) is 3.76. The smallest absolute Gasteiger partial charge is 0.265 e. The Kier molecular flexibility index (Phi) is 4.41. The minimum Gasteiger partial charge on any atom is -0.369 e. The standard InChI is InChI=1S/C10H12ClN5O2S2/c1-3-12-9-8(11)4-7(5-13-9)20(17,18)16-10-15-14-6(2)19-10/h4-5H,3H2,1-2H3,(H,12,13)(H,15,16). The van der Waals surface area contributed by atoms with E-state index in [-0.39, 0.29) is 15.0 Å². The molecule has 108 valence electrons. The van der Waals surface area contributed by atoms with Crippen LogP contribution in [0.5, 0.6) is 0 Å². The van der Waals surface area contributed by atoms with Crippen LogP contribution >= 0.6 is 22.9 Å². The largest absolute Gasteiger partial charge is 0.369 e. The van der Waals surface area contributed by atoms with Gasteiger partial charge in [0.2, 0.25) is 5.13 Å². The summed E-state index contributed by atoms with van der Waals surface area (Å²) in [4.78, 5) is 3.96. The van der Waals surface area contributed by atoms with Gasteiger partial charge in [-0.05, 0) is 19.9 Å². The Bertz CT molecular complexity index is 716. The number of nitrogens with zero attached hydrogens (tertiary/aromatic N) is 3. The molecule has 2 aromatic rings. The van der Waals surface area contributed by atoms with E-state index < -0.39 is 10.0 Å². The highest BCUT2D eigenvalue weighted by Gasteiger charge is 2.18. The van der Waals surface area contributed by atoms with Crippen LogP contribution in [0.2, 0.25) is 5.02 Å². The summed E-state index contributed by atoms with van der Waals surface area (Å²) in [5.41, 5.74) is 0. The molecule has 2 aromatic heterocycles. The van der Waals surface area contributed by atoms with Crippen molar-refractivity contribution in [3.05, 3.63) is 22.3 Å². The minimum atomic E-state index is -3.77. The Morgan fingerprint density at radius 2 is 2.15 bits per heavy atom. The molecule has 0 radical (unpaired) electrons. The van der Waals surface area contributed by atoms with E-state index in [1.807, 2.05) is 6.92 Å². The molecular weight excluding hydrogens is 322 g/mol. The van der Waals surface area contributed by atoms with Gasteiger partial charge in [-0.1, -0.05) is 22.9 Å². The maximum Gasteiger partial charge on any atom is 0.265 e. The summed E-state index contributed by atoms with van der Waals surface area (Å²) >= 11 is 7.13. The van der Waals surface area contributed by atoms with Crippen molar-refractivity contribution in [3.63, 3.8) is 0 Å². The summed E-state index contributed by atoms with van der Waals surface area (Å²) in [5, 5.41) is 11.5. The molecule has 0 unspecified atom stereocenters. The van der Waals surface area contributed by atoms with Crippen LogP contribution in [0, 0.1) is 6.92 Å². The predicted molar refractivity (Wildman–Crippen MR) is 78.9 cm³/mol. The number of hydrogen-bond acceptors (Lipinski definition) is 7. The van der Waals surface area contributed by atoms with E-state index >= 15 is 0 Å². The highest BCUT2D eigenvalue weighted by Crippen LogP contribution is 2.24. The van der Waals surface area contributed by atoms with Crippen LogP contribution in [0.15, 0.2) is 17.2 Å². The summed E-state index contributed by atoms with van der Waals surface area (Å²) in [7, 11) is -3.77. The number of halogens is 1.